The summed E-state index contributed by atoms with van der Waals surface area (Å²) in [6, 6.07) is 4.78. The van der Waals surface area contributed by atoms with Gasteiger partial charge in [0.1, 0.15) is 17.4 Å². The van der Waals surface area contributed by atoms with E-state index in [9.17, 15) is 0 Å². The van der Waals surface area contributed by atoms with Gasteiger partial charge in [-0.15, -0.1) is 5.10 Å². The fourth-order valence-corrected chi connectivity index (χ4v) is 4.65. The van der Waals surface area contributed by atoms with Crippen LogP contribution in [0.3, 0.4) is 0 Å². The van der Waals surface area contributed by atoms with Gasteiger partial charge < -0.3 is 14.6 Å². The van der Waals surface area contributed by atoms with Crippen LogP contribution in [0.2, 0.25) is 0 Å². The zero-order chi connectivity index (χ0) is 22.8. The standard InChI is InChI=1S/C24H25N9O/c1-14-27-22-20(33(14)17-6-7-17)10-15(11-25-22)19-8-9-32-21(19)23(34-18-4-3-5-18)29-24(30-32)28-16-12-26-31(2)13-16/h8-13,17-18H,3-7H2,1-2H3,(H,28,30). The molecule has 0 unspecified atom stereocenters. The van der Waals surface area contributed by atoms with Crippen LogP contribution in [-0.2, 0) is 7.05 Å². The Bertz CT molecular complexity index is 1540. The van der Waals surface area contributed by atoms with Crippen molar-refractivity contribution < 1.29 is 4.74 Å². The maximum atomic E-state index is 6.36. The number of imidazole rings is 1. The number of pyridine rings is 1. The molecule has 0 aliphatic heterocycles. The quantitative estimate of drug-likeness (QED) is 0.410. The lowest BCUT2D eigenvalue weighted by molar-refractivity contribution is 0.116. The van der Waals surface area contributed by atoms with Crippen LogP contribution >= 0.6 is 0 Å². The molecule has 0 aromatic carbocycles. The number of nitrogens with one attached hydrogen (secondary N) is 1. The van der Waals surface area contributed by atoms with E-state index in [1.165, 1.54) is 19.3 Å². The highest BCUT2D eigenvalue weighted by molar-refractivity contribution is 5.88. The summed E-state index contributed by atoms with van der Waals surface area (Å²) in [6.07, 6.45) is 13.3. The molecular weight excluding hydrogens is 430 g/mol. The zero-order valence-corrected chi connectivity index (χ0v) is 19.1. The fraction of sp³-hybridized carbons (Fsp3) is 0.375. The van der Waals surface area contributed by atoms with Gasteiger partial charge in [-0.3, -0.25) is 4.68 Å². The minimum Gasteiger partial charge on any atom is -0.473 e. The lowest BCUT2D eigenvalue weighted by Gasteiger charge is -2.26. The molecule has 2 aliphatic rings. The smallest absolute Gasteiger partial charge is 0.248 e. The normalized spacial score (nSPS) is 16.3. The summed E-state index contributed by atoms with van der Waals surface area (Å²) in [6.45, 7) is 2.06. The van der Waals surface area contributed by atoms with Crippen molar-refractivity contribution in [2.75, 3.05) is 5.32 Å². The number of aromatic nitrogens is 8. The van der Waals surface area contributed by atoms with E-state index in [0.717, 1.165) is 52.2 Å². The second-order valence-electron chi connectivity index (χ2n) is 9.29. The first-order chi connectivity index (χ1) is 16.6. The molecule has 172 valence electrons. The minimum absolute atomic E-state index is 0.187. The van der Waals surface area contributed by atoms with Gasteiger partial charge >= 0.3 is 0 Å². The molecule has 2 saturated carbocycles. The molecule has 5 heterocycles. The summed E-state index contributed by atoms with van der Waals surface area (Å²) in [4.78, 5) is 14.1. The van der Waals surface area contributed by atoms with Crippen molar-refractivity contribution in [3.05, 3.63) is 42.7 Å². The molecule has 1 N–H and O–H groups in total. The maximum Gasteiger partial charge on any atom is 0.248 e. The molecule has 0 saturated heterocycles. The summed E-state index contributed by atoms with van der Waals surface area (Å²) >= 11 is 0. The monoisotopic (exact) mass is 455 g/mol. The SMILES string of the molecule is Cc1nc2ncc(-c3ccn4nc(Nc5cnn(C)c5)nc(OC5CCC5)c34)cc2n1C1CC1. The van der Waals surface area contributed by atoms with Crippen LogP contribution in [0.5, 0.6) is 5.88 Å². The van der Waals surface area contributed by atoms with E-state index in [1.54, 1.807) is 10.9 Å². The number of nitrogens with zero attached hydrogens (tertiary/aromatic N) is 8. The molecule has 0 radical (unpaired) electrons. The molecule has 7 rings (SSSR count). The number of aryl methyl sites for hydroxylation is 2. The average Bonchev–Trinajstić information content (AvgIpc) is 3.24. The lowest BCUT2D eigenvalue weighted by Crippen LogP contribution is -2.25. The number of ether oxygens (including phenoxy) is 1. The molecule has 2 fully saturated rings. The Morgan fingerprint density at radius 3 is 2.74 bits per heavy atom. The van der Waals surface area contributed by atoms with Gasteiger partial charge in [0.15, 0.2) is 5.65 Å². The average molecular weight is 456 g/mol. The molecule has 5 aromatic rings. The second-order valence-corrected chi connectivity index (χ2v) is 9.29. The van der Waals surface area contributed by atoms with Gasteiger partial charge in [0.05, 0.1) is 17.4 Å². The van der Waals surface area contributed by atoms with Gasteiger partial charge in [-0.05, 0) is 51.2 Å². The minimum atomic E-state index is 0.187. The van der Waals surface area contributed by atoms with E-state index in [2.05, 4.69) is 44.0 Å². The Kier molecular flexibility index (Phi) is 4.18. The van der Waals surface area contributed by atoms with Crippen molar-refractivity contribution in [1.82, 2.24) is 38.9 Å². The molecule has 2 aliphatic carbocycles. The predicted octanol–water partition coefficient (Wildman–Crippen LogP) is 4.19. The lowest BCUT2D eigenvalue weighted by atomic mass is 9.96. The number of fused-ring (bicyclic) bond motifs is 2. The van der Waals surface area contributed by atoms with Gasteiger partial charge in [0.2, 0.25) is 11.8 Å². The Labute approximate surface area is 195 Å². The van der Waals surface area contributed by atoms with Crippen LogP contribution in [0, 0.1) is 6.92 Å². The van der Waals surface area contributed by atoms with E-state index >= 15 is 0 Å². The molecule has 0 bridgehead atoms. The van der Waals surface area contributed by atoms with Crippen LogP contribution in [0.25, 0.3) is 27.8 Å². The largest absolute Gasteiger partial charge is 0.473 e. The number of anilines is 2. The first-order valence-corrected chi connectivity index (χ1v) is 11.8. The van der Waals surface area contributed by atoms with Crippen molar-refractivity contribution in [3.63, 3.8) is 0 Å². The first-order valence-electron chi connectivity index (χ1n) is 11.8. The summed E-state index contributed by atoms with van der Waals surface area (Å²) in [7, 11) is 1.88. The van der Waals surface area contributed by atoms with E-state index in [0.29, 0.717) is 17.9 Å². The first kappa shape index (κ1) is 19.5. The van der Waals surface area contributed by atoms with Crippen molar-refractivity contribution in [1.29, 1.82) is 0 Å². The van der Waals surface area contributed by atoms with Crippen molar-refractivity contribution in [2.24, 2.45) is 7.05 Å². The highest BCUT2D eigenvalue weighted by Gasteiger charge is 2.28. The zero-order valence-electron chi connectivity index (χ0n) is 19.1. The molecule has 0 amide bonds. The van der Waals surface area contributed by atoms with Crippen molar-refractivity contribution in [2.45, 2.75) is 51.2 Å². The summed E-state index contributed by atoms with van der Waals surface area (Å²) in [5.41, 5.74) is 5.54. The molecule has 0 atom stereocenters. The predicted molar refractivity (Wildman–Crippen MR) is 127 cm³/mol. The topological polar surface area (TPSA) is 100.0 Å². The van der Waals surface area contributed by atoms with E-state index in [1.807, 2.05) is 30.2 Å². The third kappa shape index (κ3) is 3.20. The molecule has 0 spiro atoms. The third-order valence-corrected chi connectivity index (χ3v) is 6.72. The van der Waals surface area contributed by atoms with Crippen LogP contribution in [0.15, 0.2) is 36.9 Å². The van der Waals surface area contributed by atoms with Crippen LogP contribution in [0.1, 0.15) is 44.0 Å². The summed E-state index contributed by atoms with van der Waals surface area (Å²) in [5.74, 6) is 2.07. The highest BCUT2D eigenvalue weighted by Crippen LogP contribution is 2.40. The fourth-order valence-electron chi connectivity index (χ4n) is 4.65. The highest BCUT2D eigenvalue weighted by atomic mass is 16.5. The maximum absolute atomic E-state index is 6.36. The van der Waals surface area contributed by atoms with E-state index in [-0.39, 0.29) is 6.10 Å². The number of hydrogen-bond donors (Lipinski definition) is 1. The Hall–Kier alpha value is -3.95. The summed E-state index contributed by atoms with van der Waals surface area (Å²) in [5, 5.41) is 12.1. The molecule has 5 aromatic heterocycles. The molecule has 10 heteroatoms. The van der Waals surface area contributed by atoms with Crippen LogP contribution in [-0.4, -0.2) is 45.0 Å². The third-order valence-electron chi connectivity index (χ3n) is 6.72. The van der Waals surface area contributed by atoms with Crippen LogP contribution < -0.4 is 10.1 Å². The van der Waals surface area contributed by atoms with Gasteiger partial charge in [-0.25, -0.2) is 14.5 Å². The van der Waals surface area contributed by atoms with Gasteiger partial charge in [-0.1, -0.05) is 0 Å². The van der Waals surface area contributed by atoms with Gasteiger partial charge in [-0.2, -0.15) is 10.1 Å². The van der Waals surface area contributed by atoms with Crippen molar-refractivity contribution in [3.8, 4) is 17.0 Å². The molecule has 34 heavy (non-hydrogen) atoms. The Morgan fingerprint density at radius 2 is 2.00 bits per heavy atom. The van der Waals surface area contributed by atoms with Crippen LogP contribution in [0.4, 0.5) is 11.6 Å². The van der Waals surface area contributed by atoms with E-state index in [4.69, 9.17) is 14.8 Å². The molecular formula is C24H25N9O. The number of hydrogen-bond acceptors (Lipinski definition) is 7. The van der Waals surface area contributed by atoms with Gasteiger partial charge in [0.25, 0.3) is 0 Å². The van der Waals surface area contributed by atoms with Gasteiger partial charge in [0, 0.05) is 42.8 Å². The van der Waals surface area contributed by atoms with E-state index < -0.39 is 0 Å². The van der Waals surface area contributed by atoms with Crippen molar-refractivity contribution >= 4 is 28.3 Å². The molecule has 10 nitrogen and oxygen atoms in total. The Morgan fingerprint density at radius 1 is 1.12 bits per heavy atom. The Balaban J connectivity index is 1.35. The summed E-state index contributed by atoms with van der Waals surface area (Å²) < 4.78 is 12.3. The number of rotatable bonds is 6. The second kappa shape index (κ2) is 7.28.